The number of carbonyl (C=O) groups excluding carboxylic acids is 1. The van der Waals surface area contributed by atoms with E-state index >= 15 is 0 Å². The first-order chi connectivity index (χ1) is 8.56. The molecule has 6 heteroatoms. The standard InChI is InChI=1S/C12H17N5O/c1-8(2)13-11(18)9(3)14-12-15-10-6-4-5-7-17(10)16-12/h4-9H,1-3H3,(H,13,18)(H,14,16). The maximum absolute atomic E-state index is 11.7. The van der Waals surface area contributed by atoms with E-state index in [2.05, 4.69) is 20.7 Å². The monoisotopic (exact) mass is 247 g/mol. The highest BCUT2D eigenvalue weighted by atomic mass is 16.2. The summed E-state index contributed by atoms with van der Waals surface area (Å²) in [5.41, 5.74) is 0.747. The third-order valence-electron chi connectivity index (χ3n) is 2.41. The van der Waals surface area contributed by atoms with Crippen LogP contribution in [-0.4, -0.2) is 32.6 Å². The normalized spacial score (nSPS) is 12.7. The van der Waals surface area contributed by atoms with Crippen LogP contribution in [0.1, 0.15) is 20.8 Å². The largest absolute Gasteiger partial charge is 0.352 e. The van der Waals surface area contributed by atoms with Crippen molar-refractivity contribution in [3.63, 3.8) is 0 Å². The van der Waals surface area contributed by atoms with Crippen molar-refractivity contribution in [1.29, 1.82) is 0 Å². The summed E-state index contributed by atoms with van der Waals surface area (Å²) in [6.07, 6.45) is 1.81. The van der Waals surface area contributed by atoms with Gasteiger partial charge in [0.25, 0.3) is 0 Å². The zero-order valence-electron chi connectivity index (χ0n) is 10.7. The fourth-order valence-corrected chi connectivity index (χ4v) is 1.56. The van der Waals surface area contributed by atoms with Crippen LogP contribution in [0.2, 0.25) is 0 Å². The Morgan fingerprint density at radius 2 is 2.11 bits per heavy atom. The summed E-state index contributed by atoms with van der Waals surface area (Å²) in [4.78, 5) is 16.0. The van der Waals surface area contributed by atoms with Crippen LogP contribution < -0.4 is 10.6 Å². The van der Waals surface area contributed by atoms with Gasteiger partial charge in [-0.3, -0.25) is 4.79 Å². The van der Waals surface area contributed by atoms with Crippen LogP contribution in [-0.2, 0) is 4.79 Å². The lowest BCUT2D eigenvalue weighted by molar-refractivity contribution is -0.122. The van der Waals surface area contributed by atoms with E-state index in [0.29, 0.717) is 5.95 Å². The van der Waals surface area contributed by atoms with Gasteiger partial charge in [0.05, 0.1) is 0 Å². The van der Waals surface area contributed by atoms with E-state index in [4.69, 9.17) is 0 Å². The van der Waals surface area contributed by atoms with Crippen molar-refractivity contribution in [1.82, 2.24) is 19.9 Å². The number of amides is 1. The van der Waals surface area contributed by atoms with Gasteiger partial charge in [-0.05, 0) is 32.9 Å². The fourth-order valence-electron chi connectivity index (χ4n) is 1.56. The molecule has 2 aromatic heterocycles. The molecule has 0 radical (unpaired) electrons. The first-order valence-electron chi connectivity index (χ1n) is 5.94. The van der Waals surface area contributed by atoms with Gasteiger partial charge in [0.15, 0.2) is 5.65 Å². The topological polar surface area (TPSA) is 71.3 Å². The first-order valence-corrected chi connectivity index (χ1v) is 5.94. The number of hydrogen-bond donors (Lipinski definition) is 2. The quantitative estimate of drug-likeness (QED) is 0.847. The van der Waals surface area contributed by atoms with Crippen molar-refractivity contribution >= 4 is 17.5 Å². The summed E-state index contributed by atoms with van der Waals surface area (Å²) in [5.74, 6) is 0.386. The average Bonchev–Trinajstić information content (AvgIpc) is 2.69. The lowest BCUT2D eigenvalue weighted by Crippen LogP contribution is -2.41. The Labute approximate surface area is 105 Å². The Morgan fingerprint density at radius 3 is 2.78 bits per heavy atom. The predicted molar refractivity (Wildman–Crippen MR) is 69.4 cm³/mol. The van der Waals surface area contributed by atoms with Gasteiger partial charge in [-0.15, -0.1) is 5.10 Å². The Balaban J connectivity index is 2.06. The molecule has 6 nitrogen and oxygen atoms in total. The molecule has 18 heavy (non-hydrogen) atoms. The average molecular weight is 247 g/mol. The number of nitrogens with zero attached hydrogens (tertiary/aromatic N) is 3. The third-order valence-corrected chi connectivity index (χ3v) is 2.41. The zero-order valence-corrected chi connectivity index (χ0v) is 10.7. The van der Waals surface area contributed by atoms with E-state index in [1.165, 1.54) is 0 Å². The molecule has 0 aliphatic carbocycles. The minimum atomic E-state index is -0.371. The second-order valence-corrected chi connectivity index (χ2v) is 4.47. The molecule has 0 saturated heterocycles. The molecule has 2 aromatic rings. The number of anilines is 1. The van der Waals surface area contributed by atoms with E-state index in [1.807, 2.05) is 38.2 Å². The first kappa shape index (κ1) is 12.3. The molecular formula is C12H17N5O. The van der Waals surface area contributed by atoms with Gasteiger partial charge in [0.1, 0.15) is 6.04 Å². The Morgan fingerprint density at radius 1 is 1.33 bits per heavy atom. The summed E-state index contributed by atoms with van der Waals surface area (Å²) >= 11 is 0. The van der Waals surface area contributed by atoms with Gasteiger partial charge in [-0.2, -0.15) is 4.98 Å². The number of nitrogens with one attached hydrogen (secondary N) is 2. The Kier molecular flexibility index (Phi) is 3.45. The van der Waals surface area contributed by atoms with E-state index in [-0.39, 0.29) is 18.0 Å². The molecule has 0 aromatic carbocycles. The van der Waals surface area contributed by atoms with Crippen molar-refractivity contribution in [2.45, 2.75) is 32.9 Å². The molecule has 0 saturated carbocycles. The summed E-state index contributed by atoms with van der Waals surface area (Å²) in [5, 5.41) is 10.0. The summed E-state index contributed by atoms with van der Waals surface area (Å²) < 4.78 is 1.66. The Bertz CT molecular complexity index is 515. The van der Waals surface area contributed by atoms with Crippen LogP contribution in [0, 0.1) is 0 Å². The van der Waals surface area contributed by atoms with Gasteiger partial charge in [0, 0.05) is 12.2 Å². The molecule has 0 bridgehead atoms. The molecule has 1 unspecified atom stereocenters. The smallest absolute Gasteiger partial charge is 0.243 e. The number of rotatable bonds is 4. The number of aromatic nitrogens is 3. The van der Waals surface area contributed by atoms with Crippen LogP contribution in [0.4, 0.5) is 5.95 Å². The van der Waals surface area contributed by atoms with E-state index in [9.17, 15) is 4.79 Å². The predicted octanol–water partition coefficient (Wildman–Crippen LogP) is 1.05. The van der Waals surface area contributed by atoms with Crippen molar-refractivity contribution in [2.24, 2.45) is 0 Å². The van der Waals surface area contributed by atoms with Gasteiger partial charge >= 0.3 is 0 Å². The lowest BCUT2D eigenvalue weighted by atomic mass is 10.3. The van der Waals surface area contributed by atoms with Gasteiger partial charge in [0.2, 0.25) is 11.9 Å². The zero-order chi connectivity index (χ0) is 13.1. The van der Waals surface area contributed by atoms with Crippen molar-refractivity contribution in [3.05, 3.63) is 24.4 Å². The SMILES string of the molecule is CC(C)NC(=O)C(C)Nc1nc2ccccn2n1. The van der Waals surface area contributed by atoms with Crippen LogP contribution in [0.25, 0.3) is 5.65 Å². The van der Waals surface area contributed by atoms with Crippen molar-refractivity contribution in [2.75, 3.05) is 5.32 Å². The van der Waals surface area contributed by atoms with Crippen molar-refractivity contribution < 1.29 is 4.79 Å². The molecule has 0 fully saturated rings. The Hall–Kier alpha value is -2.11. The molecule has 2 heterocycles. The maximum Gasteiger partial charge on any atom is 0.243 e. The number of carbonyl (C=O) groups is 1. The molecule has 2 rings (SSSR count). The highest BCUT2D eigenvalue weighted by Gasteiger charge is 2.15. The van der Waals surface area contributed by atoms with E-state index in [0.717, 1.165) is 5.65 Å². The fraction of sp³-hybridized carbons (Fsp3) is 0.417. The highest BCUT2D eigenvalue weighted by Crippen LogP contribution is 2.05. The molecule has 0 aliphatic heterocycles. The van der Waals surface area contributed by atoms with Crippen LogP contribution in [0.15, 0.2) is 24.4 Å². The van der Waals surface area contributed by atoms with Gasteiger partial charge in [-0.1, -0.05) is 6.07 Å². The number of pyridine rings is 1. The lowest BCUT2D eigenvalue weighted by Gasteiger charge is -2.14. The maximum atomic E-state index is 11.7. The summed E-state index contributed by atoms with van der Waals surface area (Å²) in [7, 11) is 0. The minimum absolute atomic E-state index is 0.0659. The summed E-state index contributed by atoms with van der Waals surface area (Å²) in [6.45, 7) is 5.63. The molecule has 96 valence electrons. The minimum Gasteiger partial charge on any atom is -0.352 e. The second kappa shape index (κ2) is 5.03. The van der Waals surface area contributed by atoms with Gasteiger partial charge in [-0.25, -0.2) is 4.52 Å². The van der Waals surface area contributed by atoms with Gasteiger partial charge < -0.3 is 10.6 Å². The molecule has 1 amide bonds. The molecule has 0 aliphatic rings. The molecule has 0 spiro atoms. The summed E-state index contributed by atoms with van der Waals surface area (Å²) in [6, 6.07) is 5.38. The van der Waals surface area contributed by atoms with Crippen molar-refractivity contribution in [3.8, 4) is 0 Å². The molecular weight excluding hydrogens is 230 g/mol. The molecule has 2 N–H and O–H groups in total. The highest BCUT2D eigenvalue weighted by molar-refractivity contribution is 5.83. The third kappa shape index (κ3) is 2.77. The van der Waals surface area contributed by atoms with E-state index < -0.39 is 0 Å². The number of fused-ring (bicyclic) bond motifs is 1. The molecule has 1 atom stereocenters. The van der Waals surface area contributed by atoms with Crippen LogP contribution in [0.3, 0.4) is 0 Å². The van der Waals surface area contributed by atoms with Crippen LogP contribution in [0.5, 0.6) is 0 Å². The number of hydrogen-bond acceptors (Lipinski definition) is 4. The van der Waals surface area contributed by atoms with Crippen LogP contribution >= 0.6 is 0 Å². The second-order valence-electron chi connectivity index (χ2n) is 4.47. The van der Waals surface area contributed by atoms with E-state index in [1.54, 1.807) is 11.4 Å².